The van der Waals surface area contributed by atoms with Crippen molar-refractivity contribution in [1.82, 2.24) is 4.98 Å². The van der Waals surface area contributed by atoms with Crippen molar-refractivity contribution in [2.45, 2.75) is 71.8 Å². The minimum atomic E-state index is 0.637. The van der Waals surface area contributed by atoms with Gasteiger partial charge in [0.1, 0.15) is 12.4 Å². The third-order valence-corrected chi connectivity index (χ3v) is 3.25. The van der Waals surface area contributed by atoms with Crippen molar-refractivity contribution in [2.24, 2.45) is 0 Å². The zero-order chi connectivity index (χ0) is 11.8. The number of aromatic amines is 1. The number of imidazole rings is 1. The molecule has 16 heavy (non-hydrogen) atoms. The SMILES string of the molecule is CCCCCCc1[nH]cc[n+]1C(C)CCC. The molecule has 0 aliphatic rings. The van der Waals surface area contributed by atoms with Crippen LogP contribution in [0.4, 0.5) is 0 Å². The molecule has 1 atom stereocenters. The number of H-pyrrole nitrogens is 1. The molecule has 1 N–H and O–H groups in total. The zero-order valence-corrected chi connectivity index (χ0v) is 11.1. The number of nitrogens with one attached hydrogen (secondary N) is 1. The summed E-state index contributed by atoms with van der Waals surface area (Å²) in [5.74, 6) is 1.40. The minimum absolute atomic E-state index is 0.637. The molecule has 0 saturated heterocycles. The minimum Gasteiger partial charge on any atom is -0.248 e. The molecule has 0 saturated carbocycles. The molecule has 0 aromatic carbocycles. The third kappa shape index (κ3) is 3.99. The molecule has 1 unspecified atom stereocenters. The van der Waals surface area contributed by atoms with E-state index in [1.807, 2.05) is 0 Å². The highest BCUT2D eigenvalue weighted by atomic mass is 15.1. The smallest absolute Gasteiger partial charge is 0.248 e. The van der Waals surface area contributed by atoms with Crippen LogP contribution in [0.1, 0.15) is 71.2 Å². The van der Waals surface area contributed by atoms with Gasteiger partial charge in [-0.2, -0.15) is 0 Å². The molecular weight excluding hydrogens is 196 g/mol. The first-order chi connectivity index (χ1) is 7.79. The Hall–Kier alpha value is -0.790. The molecule has 0 aliphatic carbocycles. The second kappa shape index (κ2) is 7.48. The zero-order valence-electron chi connectivity index (χ0n) is 11.1. The number of nitrogens with zero attached hydrogens (tertiary/aromatic N) is 1. The fourth-order valence-corrected chi connectivity index (χ4v) is 2.27. The average molecular weight is 223 g/mol. The number of hydrogen-bond donors (Lipinski definition) is 1. The van der Waals surface area contributed by atoms with Crippen LogP contribution in [0.3, 0.4) is 0 Å². The monoisotopic (exact) mass is 223 g/mol. The van der Waals surface area contributed by atoms with Gasteiger partial charge in [-0.15, -0.1) is 0 Å². The van der Waals surface area contributed by atoms with Gasteiger partial charge in [0.05, 0.1) is 6.04 Å². The Balaban J connectivity index is 2.43. The van der Waals surface area contributed by atoms with E-state index in [4.69, 9.17) is 0 Å². The Kier molecular flexibility index (Phi) is 6.20. The fourth-order valence-electron chi connectivity index (χ4n) is 2.27. The maximum Gasteiger partial charge on any atom is 0.254 e. The number of rotatable bonds is 8. The quantitative estimate of drug-likeness (QED) is 0.511. The second-order valence-corrected chi connectivity index (χ2v) is 4.76. The highest BCUT2D eigenvalue weighted by molar-refractivity contribution is 4.78. The van der Waals surface area contributed by atoms with Crippen LogP contribution in [-0.2, 0) is 6.42 Å². The Morgan fingerprint density at radius 2 is 2.00 bits per heavy atom. The summed E-state index contributed by atoms with van der Waals surface area (Å²) < 4.78 is 2.41. The molecule has 1 heterocycles. The molecule has 1 rings (SSSR count). The maximum absolute atomic E-state index is 3.38. The fraction of sp³-hybridized carbons (Fsp3) is 0.786. The van der Waals surface area contributed by atoms with Gasteiger partial charge >= 0.3 is 0 Å². The van der Waals surface area contributed by atoms with E-state index in [1.54, 1.807) is 0 Å². The van der Waals surface area contributed by atoms with Crippen molar-refractivity contribution in [3.05, 3.63) is 18.2 Å². The first-order valence-corrected chi connectivity index (χ1v) is 6.87. The molecule has 0 fully saturated rings. The summed E-state index contributed by atoms with van der Waals surface area (Å²) in [6.07, 6.45) is 13.3. The van der Waals surface area contributed by atoms with Gasteiger partial charge in [0.15, 0.2) is 0 Å². The summed E-state index contributed by atoms with van der Waals surface area (Å²) in [7, 11) is 0. The summed E-state index contributed by atoms with van der Waals surface area (Å²) in [5, 5.41) is 0. The van der Waals surface area contributed by atoms with Gasteiger partial charge in [0.25, 0.3) is 5.82 Å². The lowest BCUT2D eigenvalue weighted by molar-refractivity contribution is -0.726. The van der Waals surface area contributed by atoms with Gasteiger partial charge in [-0.1, -0.05) is 39.5 Å². The number of aromatic nitrogens is 2. The van der Waals surface area contributed by atoms with E-state index in [-0.39, 0.29) is 0 Å². The molecule has 1 aromatic heterocycles. The number of aryl methyl sites for hydroxylation is 1. The Labute approximate surface area is 100 Å². The molecule has 0 aliphatic heterocycles. The van der Waals surface area contributed by atoms with E-state index < -0.39 is 0 Å². The van der Waals surface area contributed by atoms with Crippen LogP contribution in [-0.4, -0.2) is 4.98 Å². The van der Waals surface area contributed by atoms with Crippen LogP contribution < -0.4 is 4.57 Å². The van der Waals surface area contributed by atoms with Crippen LogP contribution in [0.15, 0.2) is 12.4 Å². The molecule has 0 bridgehead atoms. The molecule has 0 radical (unpaired) electrons. The lowest BCUT2D eigenvalue weighted by atomic mass is 10.1. The summed E-state index contributed by atoms with van der Waals surface area (Å²) in [4.78, 5) is 3.38. The molecule has 0 amide bonds. The summed E-state index contributed by atoms with van der Waals surface area (Å²) >= 11 is 0. The van der Waals surface area contributed by atoms with Crippen LogP contribution in [0, 0.1) is 0 Å². The molecule has 0 spiro atoms. The van der Waals surface area contributed by atoms with Gasteiger partial charge < -0.3 is 0 Å². The van der Waals surface area contributed by atoms with E-state index >= 15 is 0 Å². The van der Waals surface area contributed by atoms with Crippen LogP contribution in [0.5, 0.6) is 0 Å². The highest BCUT2D eigenvalue weighted by Crippen LogP contribution is 2.08. The predicted molar refractivity (Wildman–Crippen MR) is 68.5 cm³/mol. The molecular formula is C14H27N2+. The Bertz CT molecular complexity index is 278. The molecule has 92 valence electrons. The second-order valence-electron chi connectivity index (χ2n) is 4.76. The lowest BCUT2D eigenvalue weighted by Gasteiger charge is -2.08. The van der Waals surface area contributed by atoms with Gasteiger partial charge in [0.2, 0.25) is 0 Å². The molecule has 1 aromatic rings. The highest BCUT2D eigenvalue weighted by Gasteiger charge is 2.15. The van der Waals surface area contributed by atoms with Crippen LogP contribution >= 0.6 is 0 Å². The predicted octanol–water partition coefficient (Wildman–Crippen LogP) is 3.79. The van der Waals surface area contributed by atoms with Crippen molar-refractivity contribution in [1.29, 1.82) is 0 Å². The number of hydrogen-bond acceptors (Lipinski definition) is 0. The van der Waals surface area contributed by atoms with Crippen molar-refractivity contribution in [3.8, 4) is 0 Å². The van der Waals surface area contributed by atoms with Crippen LogP contribution in [0.25, 0.3) is 0 Å². The molecule has 2 heteroatoms. The van der Waals surface area contributed by atoms with E-state index in [1.165, 1.54) is 50.8 Å². The van der Waals surface area contributed by atoms with Crippen molar-refractivity contribution in [3.63, 3.8) is 0 Å². The van der Waals surface area contributed by atoms with E-state index in [0.29, 0.717) is 6.04 Å². The van der Waals surface area contributed by atoms with E-state index in [9.17, 15) is 0 Å². The van der Waals surface area contributed by atoms with E-state index in [0.717, 1.165) is 0 Å². The summed E-state index contributed by atoms with van der Waals surface area (Å²) in [6, 6.07) is 0.637. The maximum atomic E-state index is 3.38. The van der Waals surface area contributed by atoms with Gasteiger partial charge in [-0.05, 0) is 19.8 Å². The third-order valence-electron chi connectivity index (χ3n) is 3.25. The van der Waals surface area contributed by atoms with E-state index in [2.05, 4.69) is 42.7 Å². The normalized spacial score (nSPS) is 12.9. The Morgan fingerprint density at radius 3 is 2.69 bits per heavy atom. The molecule has 2 nitrogen and oxygen atoms in total. The van der Waals surface area contributed by atoms with Gasteiger partial charge in [0, 0.05) is 6.42 Å². The van der Waals surface area contributed by atoms with Gasteiger partial charge in [-0.3, -0.25) is 0 Å². The summed E-state index contributed by atoms with van der Waals surface area (Å²) in [6.45, 7) is 6.83. The number of unbranched alkanes of at least 4 members (excludes halogenated alkanes) is 3. The largest absolute Gasteiger partial charge is 0.254 e. The van der Waals surface area contributed by atoms with Crippen molar-refractivity contribution < 1.29 is 4.57 Å². The standard InChI is InChI=1S/C14H26N2/c1-4-6-7-8-10-14-15-11-12-16(14)13(3)9-5-2/h11-13H,4-10H2,1-3H3/p+1. The topological polar surface area (TPSA) is 19.7 Å². The average Bonchev–Trinajstić information content (AvgIpc) is 2.73. The van der Waals surface area contributed by atoms with Crippen molar-refractivity contribution >= 4 is 0 Å². The van der Waals surface area contributed by atoms with Crippen LogP contribution in [0.2, 0.25) is 0 Å². The summed E-state index contributed by atoms with van der Waals surface area (Å²) in [5.41, 5.74) is 0. The van der Waals surface area contributed by atoms with Gasteiger partial charge in [-0.25, -0.2) is 9.55 Å². The van der Waals surface area contributed by atoms with Crippen molar-refractivity contribution in [2.75, 3.05) is 0 Å². The Morgan fingerprint density at radius 1 is 1.19 bits per heavy atom. The first-order valence-electron chi connectivity index (χ1n) is 6.87. The lowest BCUT2D eigenvalue weighted by Crippen LogP contribution is -2.39. The first kappa shape index (κ1) is 13.3.